The number of carbonyl (C=O) groups is 1. The average Bonchev–Trinajstić information content (AvgIpc) is 3.25. The summed E-state index contributed by atoms with van der Waals surface area (Å²) in [5.41, 5.74) is 2.14. The largest absolute Gasteiger partial charge is 0.444 e. The van der Waals surface area contributed by atoms with E-state index in [-0.39, 0.29) is 0 Å². The molecule has 0 aliphatic carbocycles. The average molecular weight is 478 g/mol. The molecule has 2 atom stereocenters. The van der Waals surface area contributed by atoms with E-state index >= 15 is 0 Å². The second-order valence-corrected chi connectivity index (χ2v) is 10.0. The highest BCUT2D eigenvalue weighted by molar-refractivity contribution is 6.29. The van der Waals surface area contributed by atoms with Gasteiger partial charge in [-0.15, -0.1) is 0 Å². The van der Waals surface area contributed by atoms with E-state index in [1.54, 1.807) is 6.20 Å². The van der Waals surface area contributed by atoms with Crippen LogP contribution in [0.15, 0.2) is 24.7 Å². The van der Waals surface area contributed by atoms with Gasteiger partial charge in [-0.05, 0) is 46.1 Å². The van der Waals surface area contributed by atoms with Crippen LogP contribution >= 0.6 is 11.6 Å². The summed E-state index contributed by atoms with van der Waals surface area (Å²) < 4.78 is 12.8. The van der Waals surface area contributed by atoms with Crippen LogP contribution in [0.1, 0.15) is 46.1 Å². The van der Waals surface area contributed by atoms with E-state index in [0.717, 1.165) is 42.9 Å². The molecule has 0 bridgehead atoms. The first-order valence-corrected chi connectivity index (χ1v) is 11.8. The Balaban J connectivity index is 1.54. The van der Waals surface area contributed by atoms with Gasteiger partial charge in [0.05, 0.1) is 24.4 Å². The molecule has 2 aromatic heterocycles. The van der Waals surface area contributed by atoms with Crippen molar-refractivity contribution in [3.63, 3.8) is 0 Å². The number of hydrogen-bond donors (Lipinski definition) is 2. The van der Waals surface area contributed by atoms with Crippen molar-refractivity contribution in [2.75, 3.05) is 31.2 Å². The van der Waals surface area contributed by atoms with E-state index in [0.29, 0.717) is 30.7 Å². The van der Waals surface area contributed by atoms with Crippen LogP contribution in [0.2, 0.25) is 5.15 Å². The van der Waals surface area contributed by atoms with Gasteiger partial charge in [0.1, 0.15) is 10.8 Å². The number of rotatable bonds is 4. The number of alkyl carbamates (subject to hydrolysis) is 1. The molecule has 0 unspecified atom stereocenters. The summed E-state index contributed by atoms with van der Waals surface area (Å²) >= 11 is 6.26. The molecule has 2 aromatic rings. The number of amides is 1. The summed E-state index contributed by atoms with van der Waals surface area (Å²) in [6.45, 7) is 7.95. The molecule has 2 fully saturated rings. The van der Waals surface area contributed by atoms with E-state index in [1.165, 1.54) is 0 Å². The molecule has 4 heterocycles. The number of ether oxygens (including phenoxy) is 2. The Kier molecular flexibility index (Phi) is 7.11. The fourth-order valence-corrected chi connectivity index (χ4v) is 4.44. The van der Waals surface area contributed by atoms with Crippen molar-refractivity contribution in [2.45, 2.75) is 63.8 Å². The highest BCUT2D eigenvalue weighted by Crippen LogP contribution is 2.34. The fraction of sp³-hybridized carbons (Fsp3) is 0.609. The van der Waals surface area contributed by atoms with Crippen molar-refractivity contribution in [3.05, 3.63) is 29.8 Å². The summed E-state index contributed by atoms with van der Waals surface area (Å²) in [4.78, 5) is 18.7. The van der Waals surface area contributed by atoms with Gasteiger partial charge in [0.2, 0.25) is 0 Å². The molecule has 2 saturated heterocycles. The maximum Gasteiger partial charge on any atom is 0.408 e. The van der Waals surface area contributed by atoms with Gasteiger partial charge < -0.3 is 24.8 Å². The number of carbonyl (C=O) groups excluding carboxylic acids is 1. The smallest absolute Gasteiger partial charge is 0.408 e. The van der Waals surface area contributed by atoms with E-state index < -0.39 is 23.8 Å². The van der Waals surface area contributed by atoms with Crippen LogP contribution in [0.4, 0.5) is 10.5 Å². The number of nitrogens with one attached hydrogen (secondary N) is 1. The van der Waals surface area contributed by atoms with Gasteiger partial charge in [-0.1, -0.05) is 11.6 Å². The normalized spacial score (nSPS) is 22.3. The molecule has 0 aromatic carbocycles. The molecule has 33 heavy (non-hydrogen) atoms. The maximum atomic E-state index is 12.3. The summed E-state index contributed by atoms with van der Waals surface area (Å²) in [7, 11) is 0. The lowest BCUT2D eigenvalue weighted by Gasteiger charge is -2.38. The third-order valence-corrected chi connectivity index (χ3v) is 6.15. The predicted octanol–water partition coefficient (Wildman–Crippen LogP) is 3.41. The van der Waals surface area contributed by atoms with Gasteiger partial charge in [0.15, 0.2) is 0 Å². The van der Waals surface area contributed by atoms with Crippen LogP contribution in [0, 0.1) is 0 Å². The number of pyridine rings is 1. The van der Waals surface area contributed by atoms with Gasteiger partial charge in [-0.3, -0.25) is 4.68 Å². The first-order valence-electron chi connectivity index (χ1n) is 11.4. The quantitative estimate of drug-likeness (QED) is 0.650. The third-order valence-electron chi connectivity index (χ3n) is 5.95. The highest BCUT2D eigenvalue weighted by atomic mass is 35.5. The van der Waals surface area contributed by atoms with Crippen molar-refractivity contribution in [3.8, 4) is 11.1 Å². The summed E-state index contributed by atoms with van der Waals surface area (Å²) in [6.07, 6.45) is 6.82. The maximum absolute atomic E-state index is 12.3. The minimum absolute atomic E-state index is 0.323. The highest BCUT2D eigenvalue weighted by Gasteiger charge is 2.32. The molecule has 2 N–H and O–H groups in total. The molecule has 2 aliphatic heterocycles. The van der Waals surface area contributed by atoms with Gasteiger partial charge in [-0.2, -0.15) is 5.10 Å². The first kappa shape index (κ1) is 23.8. The van der Waals surface area contributed by atoms with Crippen LogP contribution in [-0.2, 0) is 9.47 Å². The SMILES string of the molecule is CC(C)(C)OC(=O)N[C@@H]1CN(c2cc(Cl)ncc2-c2cnn(C3CCOCC3)c2)CC[C@H]1O. The minimum atomic E-state index is -0.661. The van der Waals surface area contributed by atoms with E-state index in [9.17, 15) is 9.90 Å². The molecule has 0 saturated carbocycles. The second kappa shape index (κ2) is 9.87. The summed E-state index contributed by atoms with van der Waals surface area (Å²) in [5.74, 6) is 0. The minimum Gasteiger partial charge on any atom is -0.444 e. The van der Waals surface area contributed by atoms with Crippen molar-refractivity contribution in [2.24, 2.45) is 0 Å². The Morgan fingerprint density at radius 3 is 2.76 bits per heavy atom. The van der Waals surface area contributed by atoms with Crippen LogP contribution in [0.5, 0.6) is 0 Å². The molecule has 10 heteroatoms. The van der Waals surface area contributed by atoms with Crippen LogP contribution in [0.3, 0.4) is 0 Å². The lowest BCUT2D eigenvalue weighted by Crippen LogP contribution is -2.56. The Hall–Kier alpha value is -2.36. The second-order valence-electron chi connectivity index (χ2n) is 9.63. The molecule has 0 spiro atoms. The Morgan fingerprint density at radius 1 is 1.27 bits per heavy atom. The molecule has 2 aliphatic rings. The molecule has 0 radical (unpaired) electrons. The topological polar surface area (TPSA) is 102 Å². The zero-order chi connectivity index (χ0) is 23.6. The monoisotopic (exact) mass is 477 g/mol. The number of aliphatic hydroxyl groups excluding tert-OH is 1. The van der Waals surface area contributed by atoms with Gasteiger partial charge in [-0.25, -0.2) is 9.78 Å². The van der Waals surface area contributed by atoms with E-state index in [1.807, 2.05) is 43.9 Å². The predicted molar refractivity (Wildman–Crippen MR) is 126 cm³/mol. The third kappa shape index (κ3) is 5.96. The zero-order valence-electron chi connectivity index (χ0n) is 19.3. The zero-order valence-corrected chi connectivity index (χ0v) is 20.1. The molecule has 180 valence electrons. The number of hydrogen-bond acceptors (Lipinski definition) is 7. The van der Waals surface area contributed by atoms with Crippen LogP contribution in [0.25, 0.3) is 11.1 Å². The van der Waals surface area contributed by atoms with Crippen LogP contribution in [-0.4, -0.2) is 70.0 Å². The lowest BCUT2D eigenvalue weighted by atomic mass is 10.00. The summed E-state index contributed by atoms with van der Waals surface area (Å²) in [6, 6.07) is 1.67. The Bertz CT molecular complexity index is 970. The number of piperidine rings is 1. The van der Waals surface area contributed by atoms with Gasteiger partial charge in [0.25, 0.3) is 0 Å². The Labute approximate surface area is 199 Å². The number of aromatic nitrogens is 3. The van der Waals surface area contributed by atoms with Crippen molar-refractivity contribution < 1.29 is 19.4 Å². The van der Waals surface area contributed by atoms with Gasteiger partial charge in [0, 0.05) is 55.5 Å². The number of nitrogens with zero attached hydrogens (tertiary/aromatic N) is 4. The van der Waals surface area contributed by atoms with E-state index in [2.05, 4.69) is 20.3 Å². The molecule has 9 nitrogen and oxygen atoms in total. The molecular formula is C23H32ClN5O4. The van der Waals surface area contributed by atoms with E-state index in [4.69, 9.17) is 21.1 Å². The molecular weight excluding hydrogens is 446 g/mol. The lowest BCUT2D eigenvalue weighted by molar-refractivity contribution is 0.0399. The Morgan fingerprint density at radius 2 is 2.03 bits per heavy atom. The number of halogens is 1. The number of aliphatic hydroxyl groups is 1. The van der Waals surface area contributed by atoms with Crippen molar-refractivity contribution in [1.29, 1.82) is 0 Å². The molecule has 1 amide bonds. The van der Waals surface area contributed by atoms with Crippen molar-refractivity contribution >= 4 is 23.4 Å². The standard InChI is InChI=1S/C23H32ClN5O4/c1-23(2,3)33-22(31)27-18-14-28(7-4-20(18)30)19-10-21(24)25-12-17(19)15-11-26-29(13-15)16-5-8-32-9-6-16/h10-13,16,18,20,30H,4-9,14H2,1-3H3,(H,27,31)/t18-,20-/m1/s1. The fourth-order valence-electron chi connectivity index (χ4n) is 4.29. The molecule has 4 rings (SSSR count). The van der Waals surface area contributed by atoms with Gasteiger partial charge >= 0.3 is 6.09 Å². The van der Waals surface area contributed by atoms with Crippen LogP contribution < -0.4 is 10.2 Å². The number of anilines is 1. The first-order chi connectivity index (χ1) is 15.7. The summed E-state index contributed by atoms with van der Waals surface area (Å²) in [5, 5.41) is 18.3. The van der Waals surface area contributed by atoms with Crippen molar-refractivity contribution in [1.82, 2.24) is 20.1 Å².